The topological polar surface area (TPSA) is 81.5 Å². The first-order chi connectivity index (χ1) is 17.2. The molecule has 0 amide bonds. The molecule has 2 aliphatic rings. The monoisotopic (exact) mass is 487 g/mol. The van der Waals surface area contributed by atoms with E-state index >= 15 is 0 Å². The van der Waals surface area contributed by atoms with Crippen LogP contribution in [0.4, 0.5) is 11.6 Å². The molecule has 1 aromatic heterocycles. The zero-order valence-corrected chi connectivity index (χ0v) is 21.8. The zero-order chi connectivity index (χ0) is 25.6. The first-order valence-corrected chi connectivity index (χ1v) is 12.3. The molecule has 36 heavy (non-hydrogen) atoms. The molecule has 8 heteroatoms. The number of carbonyl (C=O) groups is 1. The second kappa shape index (κ2) is 9.00. The molecular formula is C28H33N5O3. The minimum Gasteiger partial charge on any atom is -0.493 e. The van der Waals surface area contributed by atoms with Crippen LogP contribution < -0.4 is 19.7 Å². The molecule has 0 saturated heterocycles. The minimum atomic E-state index is -0.410. The van der Waals surface area contributed by atoms with E-state index in [2.05, 4.69) is 24.1 Å². The van der Waals surface area contributed by atoms with Crippen LogP contribution in [0.25, 0.3) is 11.4 Å². The van der Waals surface area contributed by atoms with E-state index in [1.165, 1.54) is 0 Å². The Morgan fingerprint density at radius 3 is 2.53 bits per heavy atom. The summed E-state index contributed by atoms with van der Waals surface area (Å²) in [6.45, 7) is 6.73. The smallest absolute Gasteiger partial charge is 0.226 e. The summed E-state index contributed by atoms with van der Waals surface area (Å²) in [6.07, 6.45) is 1.25. The van der Waals surface area contributed by atoms with E-state index in [0.717, 1.165) is 34.5 Å². The Labute approximate surface area is 211 Å². The van der Waals surface area contributed by atoms with Gasteiger partial charge in [-0.3, -0.25) is 4.79 Å². The fourth-order valence-corrected chi connectivity index (χ4v) is 5.08. The van der Waals surface area contributed by atoms with Gasteiger partial charge < -0.3 is 19.7 Å². The molecule has 1 aliphatic carbocycles. The summed E-state index contributed by atoms with van der Waals surface area (Å²) in [4.78, 5) is 20.4. The summed E-state index contributed by atoms with van der Waals surface area (Å²) in [6, 6.07) is 13.6. The Morgan fingerprint density at radius 2 is 1.86 bits per heavy atom. The summed E-state index contributed by atoms with van der Waals surface area (Å²) in [5, 5.41) is 8.35. The number of rotatable bonds is 6. The first-order valence-electron chi connectivity index (χ1n) is 12.3. The van der Waals surface area contributed by atoms with Gasteiger partial charge in [0.15, 0.2) is 23.1 Å². The number of ether oxygens (including phenoxy) is 2. The zero-order valence-electron chi connectivity index (χ0n) is 21.8. The molecule has 2 aromatic carbocycles. The quantitative estimate of drug-likeness (QED) is 0.519. The number of methoxy groups -OCH3 is 1. The molecule has 188 valence electrons. The highest BCUT2D eigenvalue weighted by Gasteiger charge is 2.42. The average Bonchev–Trinajstić information content (AvgIpc) is 3.26. The summed E-state index contributed by atoms with van der Waals surface area (Å²) >= 11 is 0. The number of fused-ring (bicyclic) bond motifs is 1. The Balaban J connectivity index is 1.64. The molecule has 0 radical (unpaired) electrons. The second-order valence-corrected chi connectivity index (χ2v) is 10.3. The highest BCUT2D eigenvalue weighted by molar-refractivity contribution is 6.00. The number of nitrogens with one attached hydrogen (secondary N) is 1. The fraction of sp³-hybridized carbons (Fsp3) is 0.393. The molecule has 2 heterocycles. The van der Waals surface area contributed by atoms with Crippen molar-refractivity contribution in [3.05, 3.63) is 59.3 Å². The molecule has 3 aromatic rings. The van der Waals surface area contributed by atoms with Gasteiger partial charge in [0.1, 0.15) is 6.04 Å². The Morgan fingerprint density at radius 1 is 1.11 bits per heavy atom. The van der Waals surface area contributed by atoms with E-state index in [1.807, 2.05) is 68.2 Å². The van der Waals surface area contributed by atoms with Gasteiger partial charge in [-0.25, -0.2) is 4.68 Å². The van der Waals surface area contributed by atoms with Gasteiger partial charge in [0, 0.05) is 43.0 Å². The molecule has 1 N–H and O–H groups in total. The SMILES string of the molecule is CCOc1ccc(C2C3=C(CC(C)(C)CC3=O)Nc3nc(-c4ccc(N(C)C)cc4)nn32)cc1OC. The van der Waals surface area contributed by atoms with Crippen molar-refractivity contribution in [3.63, 3.8) is 0 Å². The van der Waals surface area contributed by atoms with Crippen molar-refractivity contribution in [1.29, 1.82) is 0 Å². The van der Waals surface area contributed by atoms with Crippen LogP contribution in [0.3, 0.4) is 0 Å². The summed E-state index contributed by atoms with van der Waals surface area (Å²) in [5.74, 6) is 2.66. The van der Waals surface area contributed by atoms with Gasteiger partial charge in [-0.05, 0) is 60.7 Å². The standard InChI is InChI=1S/C28H33N5O3/c1-7-36-22-13-10-18(14-23(22)35-6)25-24-20(15-28(2,3)16-21(24)34)29-27-30-26(31-33(25)27)17-8-11-19(12-9-17)32(4)5/h8-14,25H,7,15-16H2,1-6H3,(H,29,30,31). The van der Waals surface area contributed by atoms with Crippen molar-refractivity contribution in [2.45, 2.75) is 39.7 Å². The molecule has 1 unspecified atom stereocenters. The van der Waals surface area contributed by atoms with Crippen LogP contribution in [0.1, 0.15) is 45.2 Å². The number of carbonyl (C=O) groups excluding carboxylic acids is 1. The van der Waals surface area contributed by atoms with Crippen molar-refractivity contribution in [2.24, 2.45) is 5.41 Å². The van der Waals surface area contributed by atoms with Crippen LogP contribution in [0, 0.1) is 5.41 Å². The van der Waals surface area contributed by atoms with Gasteiger partial charge >= 0.3 is 0 Å². The maximum atomic E-state index is 13.5. The number of benzene rings is 2. The lowest BCUT2D eigenvalue weighted by Crippen LogP contribution is -2.36. The molecule has 0 fully saturated rings. The Kier molecular flexibility index (Phi) is 5.98. The number of anilines is 2. The van der Waals surface area contributed by atoms with Crippen molar-refractivity contribution in [1.82, 2.24) is 14.8 Å². The molecule has 0 saturated carbocycles. The predicted octanol–water partition coefficient (Wildman–Crippen LogP) is 5.08. The molecule has 1 atom stereocenters. The number of hydrogen-bond donors (Lipinski definition) is 1. The van der Waals surface area contributed by atoms with Gasteiger partial charge in [-0.2, -0.15) is 4.98 Å². The maximum Gasteiger partial charge on any atom is 0.226 e. The van der Waals surface area contributed by atoms with Gasteiger partial charge in [0.05, 0.1) is 13.7 Å². The number of nitrogens with zero attached hydrogens (tertiary/aromatic N) is 4. The average molecular weight is 488 g/mol. The van der Waals surface area contributed by atoms with Crippen LogP contribution in [0.5, 0.6) is 11.5 Å². The largest absolute Gasteiger partial charge is 0.493 e. The highest BCUT2D eigenvalue weighted by atomic mass is 16.5. The highest BCUT2D eigenvalue weighted by Crippen LogP contribution is 2.46. The number of Topliss-reactive ketones (excluding diaryl/α,β-unsaturated/α-hetero) is 1. The van der Waals surface area contributed by atoms with E-state index in [0.29, 0.717) is 36.3 Å². The predicted molar refractivity (Wildman–Crippen MR) is 141 cm³/mol. The molecule has 8 nitrogen and oxygen atoms in total. The van der Waals surface area contributed by atoms with E-state index in [1.54, 1.807) is 7.11 Å². The van der Waals surface area contributed by atoms with E-state index in [4.69, 9.17) is 19.6 Å². The summed E-state index contributed by atoms with van der Waals surface area (Å²) in [5.41, 5.74) is 4.45. The summed E-state index contributed by atoms with van der Waals surface area (Å²) < 4.78 is 13.2. The van der Waals surface area contributed by atoms with E-state index in [9.17, 15) is 4.79 Å². The molecule has 5 rings (SSSR count). The van der Waals surface area contributed by atoms with Gasteiger partial charge in [0.25, 0.3) is 0 Å². The molecule has 0 spiro atoms. The van der Waals surface area contributed by atoms with Crippen LogP contribution in [0.2, 0.25) is 0 Å². The Hall–Kier alpha value is -3.81. The lowest BCUT2D eigenvalue weighted by Gasteiger charge is -2.38. The number of ketones is 1. The third-order valence-corrected chi connectivity index (χ3v) is 6.78. The van der Waals surface area contributed by atoms with Gasteiger partial charge in [-0.15, -0.1) is 5.10 Å². The van der Waals surface area contributed by atoms with Crippen LogP contribution in [0.15, 0.2) is 53.7 Å². The van der Waals surface area contributed by atoms with E-state index < -0.39 is 6.04 Å². The lowest BCUT2D eigenvalue weighted by molar-refractivity contribution is -0.118. The first kappa shape index (κ1) is 23.9. The van der Waals surface area contributed by atoms with Crippen molar-refractivity contribution in [2.75, 3.05) is 38.0 Å². The number of allylic oxidation sites excluding steroid dienone is 2. The lowest BCUT2D eigenvalue weighted by atomic mass is 9.73. The fourth-order valence-electron chi connectivity index (χ4n) is 5.08. The molecule has 1 aliphatic heterocycles. The normalized spacial score (nSPS) is 18.3. The van der Waals surface area contributed by atoms with Gasteiger partial charge in [-0.1, -0.05) is 19.9 Å². The minimum absolute atomic E-state index is 0.128. The van der Waals surface area contributed by atoms with Crippen molar-refractivity contribution >= 4 is 17.4 Å². The van der Waals surface area contributed by atoms with Crippen molar-refractivity contribution in [3.8, 4) is 22.9 Å². The Bertz CT molecular complexity index is 1340. The van der Waals surface area contributed by atoms with Crippen LogP contribution in [-0.2, 0) is 4.79 Å². The van der Waals surface area contributed by atoms with Crippen molar-refractivity contribution < 1.29 is 14.3 Å². The number of hydrogen-bond acceptors (Lipinski definition) is 7. The number of aromatic nitrogens is 3. The van der Waals surface area contributed by atoms with Gasteiger partial charge in [0.2, 0.25) is 5.95 Å². The maximum absolute atomic E-state index is 13.5. The van der Waals surface area contributed by atoms with E-state index in [-0.39, 0.29) is 11.2 Å². The third kappa shape index (κ3) is 4.21. The molecular weight excluding hydrogens is 454 g/mol. The van der Waals surface area contributed by atoms with Crippen LogP contribution in [-0.4, -0.2) is 48.4 Å². The van der Waals surface area contributed by atoms with Crippen LogP contribution >= 0.6 is 0 Å². The summed E-state index contributed by atoms with van der Waals surface area (Å²) in [7, 11) is 5.65. The second-order valence-electron chi connectivity index (χ2n) is 10.3. The molecule has 0 bridgehead atoms. The third-order valence-electron chi connectivity index (χ3n) is 6.78.